The Morgan fingerprint density at radius 1 is 0.966 bits per heavy atom. The fourth-order valence-corrected chi connectivity index (χ4v) is 3.66. The number of H-pyrrole nitrogens is 1. The van der Waals surface area contributed by atoms with E-state index in [1.807, 2.05) is 51.1 Å². The number of hydrogen-bond donors (Lipinski definition) is 1. The number of aromatic nitrogens is 3. The number of ether oxygens (including phenoxy) is 1. The van der Waals surface area contributed by atoms with Crippen molar-refractivity contribution in [3.8, 4) is 22.6 Å². The molecule has 6 nitrogen and oxygen atoms in total. The van der Waals surface area contributed by atoms with Crippen molar-refractivity contribution in [1.29, 1.82) is 0 Å². The van der Waals surface area contributed by atoms with Gasteiger partial charge in [0.25, 0.3) is 11.1 Å². The minimum atomic E-state index is -0.204. The van der Waals surface area contributed by atoms with Gasteiger partial charge in [-0.2, -0.15) is 0 Å². The van der Waals surface area contributed by atoms with Gasteiger partial charge in [0.2, 0.25) is 0 Å². The lowest BCUT2D eigenvalue weighted by molar-refractivity contribution is 0.462. The van der Waals surface area contributed by atoms with Gasteiger partial charge in [-0.25, -0.2) is 0 Å². The highest BCUT2D eigenvalue weighted by atomic mass is 16.5. The highest BCUT2D eigenvalue weighted by Crippen LogP contribution is 2.36. The molecule has 1 N–H and O–H groups in total. The van der Waals surface area contributed by atoms with E-state index in [2.05, 4.69) is 4.98 Å². The second-order valence-corrected chi connectivity index (χ2v) is 7.20. The highest BCUT2D eigenvalue weighted by Gasteiger charge is 2.19. The van der Waals surface area contributed by atoms with Gasteiger partial charge < -0.3 is 18.9 Å². The third-order valence-electron chi connectivity index (χ3n) is 5.26. The fraction of sp³-hybridized carbons (Fsp3) is 0.217. The lowest BCUT2D eigenvalue weighted by atomic mass is 10.0. The van der Waals surface area contributed by atoms with Gasteiger partial charge in [0.15, 0.2) is 5.75 Å². The van der Waals surface area contributed by atoms with E-state index in [9.17, 15) is 9.59 Å². The monoisotopic (exact) mass is 389 g/mol. The Balaban J connectivity index is 2.03. The van der Waals surface area contributed by atoms with Crippen LogP contribution in [0.3, 0.4) is 0 Å². The summed E-state index contributed by atoms with van der Waals surface area (Å²) in [5.74, 6) is 0.933. The maximum atomic E-state index is 13.2. The van der Waals surface area contributed by atoms with Crippen LogP contribution in [0.15, 0.2) is 58.5 Å². The Morgan fingerprint density at radius 3 is 2.38 bits per heavy atom. The van der Waals surface area contributed by atoms with Gasteiger partial charge in [-0.05, 0) is 44.0 Å². The molecule has 3 heterocycles. The van der Waals surface area contributed by atoms with E-state index in [1.165, 1.54) is 4.57 Å². The van der Waals surface area contributed by atoms with Crippen molar-refractivity contribution in [2.45, 2.75) is 27.3 Å². The quantitative estimate of drug-likeness (QED) is 0.571. The average Bonchev–Trinajstić information content (AvgIpc) is 3.19. The number of benzene rings is 1. The Hall–Kier alpha value is -3.54. The van der Waals surface area contributed by atoms with Gasteiger partial charge in [-0.3, -0.25) is 9.59 Å². The van der Waals surface area contributed by atoms with E-state index in [1.54, 1.807) is 30.2 Å². The Morgan fingerprint density at radius 2 is 1.69 bits per heavy atom. The van der Waals surface area contributed by atoms with Crippen LogP contribution in [-0.4, -0.2) is 14.1 Å². The molecular weight excluding hydrogens is 366 g/mol. The average molecular weight is 389 g/mol. The summed E-state index contributed by atoms with van der Waals surface area (Å²) in [4.78, 5) is 28.7. The SMILES string of the molecule is CCn1ccc(-c2cn(C)c(=O)c3[nH]ccc23)c(Oc2c(C)cccc2C)c1=O. The van der Waals surface area contributed by atoms with Gasteiger partial charge in [0.1, 0.15) is 11.3 Å². The summed E-state index contributed by atoms with van der Waals surface area (Å²) in [5.41, 5.74) is 3.51. The van der Waals surface area contributed by atoms with Crippen molar-refractivity contribution in [3.05, 3.63) is 80.8 Å². The van der Waals surface area contributed by atoms with Gasteiger partial charge in [-0.15, -0.1) is 0 Å². The molecule has 0 spiro atoms. The molecule has 0 atom stereocenters. The number of nitrogens with zero attached hydrogens (tertiary/aromatic N) is 2. The van der Waals surface area contributed by atoms with Crippen LogP contribution in [0.5, 0.6) is 11.5 Å². The first kappa shape index (κ1) is 18.8. The molecule has 0 saturated heterocycles. The van der Waals surface area contributed by atoms with Crippen LogP contribution in [0.25, 0.3) is 22.0 Å². The first-order chi connectivity index (χ1) is 13.9. The molecule has 0 fully saturated rings. The molecule has 0 aliphatic heterocycles. The van der Waals surface area contributed by atoms with E-state index >= 15 is 0 Å². The number of aromatic amines is 1. The minimum Gasteiger partial charge on any atom is -0.450 e. The third kappa shape index (κ3) is 3.06. The van der Waals surface area contributed by atoms with Gasteiger partial charge in [-0.1, -0.05) is 18.2 Å². The number of para-hydroxylation sites is 1. The molecule has 0 saturated carbocycles. The van der Waals surface area contributed by atoms with Crippen LogP contribution in [0, 0.1) is 13.8 Å². The Kier molecular flexibility index (Phi) is 4.62. The van der Waals surface area contributed by atoms with Gasteiger partial charge in [0, 0.05) is 48.7 Å². The number of rotatable bonds is 4. The summed E-state index contributed by atoms with van der Waals surface area (Å²) < 4.78 is 9.39. The van der Waals surface area contributed by atoms with E-state index < -0.39 is 0 Å². The molecule has 6 heteroatoms. The van der Waals surface area contributed by atoms with E-state index in [0.717, 1.165) is 22.1 Å². The molecule has 4 aromatic rings. The summed E-state index contributed by atoms with van der Waals surface area (Å²) in [6.07, 6.45) is 5.24. The first-order valence-electron chi connectivity index (χ1n) is 9.57. The summed E-state index contributed by atoms with van der Waals surface area (Å²) in [6.45, 7) is 6.37. The zero-order valence-electron chi connectivity index (χ0n) is 16.9. The number of hydrogen-bond acceptors (Lipinski definition) is 3. The smallest absolute Gasteiger partial charge is 0.294 e. The van der Waals surface area contributed by atoms with Crippen LogP contribution >= 0.6 is 0 Å². The predicted octanol–water partition coefficient (Wildman–Crippen LogP) is 4.12. The molecule has 4 rings (SSSR count). The van der Waals surface area contributed by atoms with Crippen molar-refractivity contribution in [2.24, 2.45) is 7.05 Å². The third-order valence-corrected chi connectivity index (χ3v) is 5.26. The second-order valence-electron chi connectivity index (χ2n) is 7.20. The van der Waals surface area contributed by atoms with E-state index in [0.29, 0.717) is 23.4 Å². The maximum absolute atomic E-state index is 13.2. The number of pyridine rings is 2. The number of nitrogens with one attached hydrogen (secondary N) is 1. The lowest BCUT2D eigenvalue weighted by Crippen LogP contribution is -2.21. The molecule has 0 aliphatic carbocycles. The summed E-state index contributed by atoms with van der Waals surface area (Å²) in [7, 11) is 1.70. The Bertz CT molecular complexity index is 1320. The topological polar surface area (TPSA) is 69.0 Å². The molecule has 148 valence electrons. The van der Waals surface area contributed by atoms with Crippen LogP contribution in [0.2, 0.25) is 0 Å². The van der Waals surface area contributed by atoms with Crippen molar-refractivity contribution >= 4 is 10.9 Å². The van der Waals surface area contributed by atoms with Crippen molar-refractivity contribution < 1.29 is 4.74 Å². The van der Waals surface area contributed by atoms with Crippen LogP contribution in [-0.2, 0) is 13.6 Å². The van der Waals surface area contributed by atoms with Crippen molar-refractivity contribution in [3.63, 3.8) is 0 Å². The first-order valence-corrected chi connectivity index (χ1v) is 9.57. The molecule has 3 aromatic heterocycles. The Labute approximate surface area is 168 Å². The van der Waals surface area contributed by atoms with E-state index in [4.69, 9.17) is 4.74 Å². The maximum Gasteiger partial charge on any atom is 0.294 e. The standard InChI is InChI=1S/C23H23N3O3/c1-5-26-12-10-17(18-13-25(4)22(27)19-16(18)9-11-24-19)21(23(26)28)29-20-14(2)7-6-8-15(20)3/h6-13,24H,5H2,1-4H3. The highest BCUT2D eigenvalue weighted by molar-refractivity contribution is 5.95. The summed E-state index contributed by atoms with van der Waals surface area (Å²) >= 11 is 0. The molecule has 0 unspecified atom stereocenters. The normalized spacial score (nSPS) is 11.2. The van der Waals surface area contributed by atoms with Crippen LogP contribution < -0.4 is 15.9 Å². The number of fused-ring (bicyclic) bond motifs is 1. The molecule has 0 radical (unpaired) electrons. The molecule has 1 aromatic carbocycles. The summed E-state index contributed by atoms with van der Waals surface area (Å²) in [5, 5.41) is 0.758. The largest absolute Gasteiger partial charge is 0.450 e. The molecule has 0 aliphatic rings. The van der Waals surface area contributed by atoms with E-state index in [-0.39, 0.29) is 16.9 Å². The molecule has 29 heavy (non-hydrogen) atoms. The predicted molar refractivity (Wildman–Crippen MR) is 115 cm³/mol. The van der Waals surface area contributed by atoms with Crippen molar-refractivity contribution in [1.82, 2.24) is 14.1 Å². The minimum absolute atomic E-state index is 0.118. The summed E-state index contributed by atoms with van der Waals surface area (Å²) in [6, 6.07) is 9.60. The molecule has 0 amide bonds. The van der Waals surface area contributed by atoms with Gasteiger partial charge >= 0.3 is 0 Å². The lowest BCUT2D eigenvalue weighted by Gasteiger charge is -2.17. The zero-order valence-corrected chi connectivity index (χ0v) is 16.9. The second kappa shape index (κ2) is 7.13. The van der Waals surface area contributed by atoms with Crippen molar-refractivity contribution in [2.75, 3.05) is 0 Å². The fourth-order valence-electron chi connectivity index (χ4n) is 3.66. The van der Waals surface area contributed by atoms with Gasteiger partial charge in [0.05, 0.1) is 0 Å². The molecule has 0 bridgehead atoms. The van der Waals surface area contributed by atoms with Crippen LogP contribution in [0.4, 0.5) is 0 Å². The van der Waals surface area contributed by atoms with Crippen LogP contribution in [0.1, 0.15) is 18.1 Å². The molecular formula is C23H23N3O3. The zero-order chi connectivity index (χ0) is 20.7. The number of aryl methyl sites for hydroxylation is 4.